The molecule has 0 bridgehead atoms. The highest BCUT2D eigenvalue weighted by Crippen LogP contribution is 2.29. The van der Waals surface area contributed by atoms with Gasteiger partial charge in [-0.2, -0.15) is 4.39 Å². The number of benzene rings is 2. The first-order valence-electron chi connectivity index (χ1n) is 6.97. The average molecular weight is 308 g/mol. The summed E-state index contributed by atoms with van der Waals surface area (Å²) in [5.41, 5.74) is 0.784. The summed E-state index contributed by atoms with van der Waals surface area (Å²) in [6.45, 7) is 0. The summed E-state index contributed by atoms with van der Waals surface area (Å²) in [7, 11) is 0. The van der Waals surface area contributed by atoms with Crippen molar-refractivity contribution in [1.82, 2.24) is 4.98 Å². The molecule has 3 rings (SSSR count). The van der Waals surface area contributed by atoms with Gasteiger partial charge in [0.1, 0.15) is 5.75 Å². The van der Waals surface area contributed by atoms with Gasteiger partial charge < -0.3 is 10.1 Å². The van der Waals surface area contributed by atoms with Crippen molar-refractivity contribution in [3.8, 4) is 11.5 Å². The summed E-state index contributed by atoms with van der Waals surface area (Å²) in [6, 6.07) is 18.9. The molecule has 0 aliphatic rings. The standard InChI is InChI=1S/C18H13FN2O2/c19-17-11-10-13(12-20-17)18(22)21-15-8-4-5-9-16(15)23-14-6-2-1-3-7-14/h1-12H,(H,21,22). The van der Waals surface area contributed by atoms with Crippen LogP contribution >= 0.6 is 0 Å². The number of amides is 1. The molecule has 0 saturated heterocycles. The summed E-state index contributed by atoms with van der Waals surface area (Å²) in [4.78, 5) is 15.7. The monoisotopic (exact) mass is 308 g/mol. The van der Waals surface area contributed by atoms with Crippen LogP contribution in [0.25, 0.3) is 0 Å². The summed E-state index contributed by atoms with van der Waals surface area (Å²) < 4.78 is 18.6. The van der Waals surface area contributed by atoms with Crippen LogP contribution in [0.3, 0.4) is 0 Å². The Hall–Kier alpha value is -3.21. The lowest BCUT2D eigenvalue weighted by atomic mass is 10.2. The number of pyridine rings is 1. The number of para-hydroxylation sites is 3. The van der Waals surface area contributed by atoms with Gasteiger partial charge in [0, 0.05) is 6.20 Å². The molecule has 3 aromatic rings. The molecule has 2 aromatic carbocycles. The topological polar surface area (TPSA) is 51.2 Å². The molecule has 23 heavy (non-hydrogen) atoms. The van der Waals surface area contributed by atoms with Crippen molar-refractivity contribution in [1.29, 1.82) is 0 Å². The molecule has 0 radical (unpaired) electrons. The first-order chi connectivity index (χ1) is 11.2. The smallest absolute Gasteiger partial charge is 0.257 e. The normalized spacial score (nSPS) is 10.1. The van der Waals surface area contributed by atoms with Crippen molar-refractivity contribution in [3.05, 3.63) is 84.4 Å². The predicted molar refractivity (Wildman–Crippen MR) is 85.1 cm³/mol. The van der Waals surface area contributed by atoms with Crippen molar-refractivity contribution in [2.75, 3.05) is 5.32 Å². The van der Waals surface area contributed by atoms with Gasteiger partial charge in [-0.1, -0.05) is 30.3 Å². The van der Waals surface area contributed by atoms with Crippen LogP contribution in [0.5, 0.6) is 11.5 Å². The number of carbonyl (C=O) groups is 1. The summed E-state index contributed by atoms with van der Waals surface area (Å²) >= 11 is 0. The van der Waals surface area contributed by atoms with Gasteiger partial charge in [-0.15, -0.1) is 0 Å². The largest absolute Gasteiger partial charge is 0.455 e. The number of rotatable bonds is 4. The zero-order chi connectivity index (χ0) is 16.1. The number of nitrogens with zero attached hydrogens (tertiary/aromatic N) is 1. The van der Waals surface area contributed by atoms with Crippen molar-refractivity contribution >= 4 is 11.6 Å². The minimum atomic E-state index is -0.630. The van der Waals surface area contributed by atoms with E-state index in [1.165, 1.54) is 12.3 Å². The van der Waals surface area contributed by atoms with Gasteiger partial charge in [-0.25, -0.2) is 4.98 Å². The van der Waals surface area contributed by atoms with Gasteiger partial charge >= 0.3 is 0 Å². The van der Waals surface area contributed by atoms with Crippen molar-refractivity contribution in [3.63, 3.8) is 0 Å². The van der Waals surface area contributed by atoms with E-state index in [1.54, 1.807) is 18.2 Å². The van der Waals surface area contributed by atoms with Gasteiger partial charge in [0.2, 0.25) is 5.95 Å². The molecule has 5 heteroatoms. The number of anilines is 1. The Kier molecular flexibility index (Phi) is 4.29. The third-order valence-corrected chi connectivity index (χ3v) is 3.10. The number of nitrogens with one attached hydrogen (secondary N) is 1. The van der Waals surface area contributed by atoms with Crippen LogP contribution in [0.2, 0.25) is 0 Å². The molecule has 0 atom stereocenters. The SMILES string of the molecule is O=C(Nc1ccccc1Oc1ccccc1)c1ccc(F)nc1. The van der Waals surface area contributed by atoms with E-state index in [0.29, 0.717) is 17.2 Å². The Morgan fingerprint density at radius 2 is 1.70 bits per heavy atom. The van der Waals surface area contributed by atoms with E-state index in [-0.39, 0.29) is 11.5 Å². The third kappa shape index (κ3) is 3.71. The average Bonchev–Trinajstić information content (AvgIpc) is 2.58. The van der Waals surface area contributed by atoms with E-state index >= 15 is 0 Å². The molecule has 1 N–H and O–H groups in total. The van der Waals surface area contributed by atoms with E-state index in [2.05, 4.69) is 10.3 Å². The molecule has 0 saturated carbocycles. The lowest BCUT2D eigenvalue weighted by molar-refractivity contribution is 0.102. The molecule has 0 fully saturated rings. The minimum absolute atomic E-state index is 0.265. The molecule has 0 spiro atoms. The number of ether oxygens (including phenoxy) is 1. The van der Waals surface area contributed by atoms with Crippen LogP contribution in [0.15, 0.2) is 72.9 Å². The minimum Gasteiger partial charge on any atom is -0.455 e. The molecule has 1 amide bonds. The highest BCUT2D eigenvalue weighted by atomic mass is 19.1. The van der Waals surface area contributed by atoms with Crippen LogP contribution < -0.4 is 10.1 Å². The van der Waals surface area contributed by atoms with E-state index in [9.17, 15) is 9.18 Å². The van der Waals surface area contributed by atoms with E-state index in [1.807, 2.05) is 36.4 Å². The molecule has 114 valence electrons. The van der Waals surface area contributed by atoms with E-state index < -0.39 is 5.95 Å². The lowest BCUT2D eigenvalue weighted by Crippen LogP contribution is -2.13. The Morgan fingerprint density at radius 3 is 2.43 bits per heavy atom. The summed E-state index contributed by atoms with van der Waals surface area (Å²) in [5, 5.41) is 2.74. The van der Waals surface area contributed by atoms with Crippen LogP contribution in [0.1, 0.15) is 10.4 Å². The van der Waals surface area contributed by atoms with E-state index in [0.717, 1.165) is 6.07 Å². The van der Waals surface area contributed by atoms with Crippen molar-refractivity contribution in [2.24, 2.45) is 0 Å². The molecule has 1 heterocycles. The molecule has 4 nitrogen and oxygen atoms in total. The Morgan fingerprint density at radius 1 is 0.957 bits per heavy atom. The second kappa shape index (κ2) is 6.70. The van der Waals surface area contributed by atoms with Gasteiger partial charge in [-0.05, 0) is 36.4 Å². The highest BCUT2D eigenvalue weighted by molar-refractivity contribution is 6.04. The molecular formula is C18H13FN2O2. The molecule has 0 aliphatic heterocycles. The van der Waals surface area contributed by atoms with Crippen LogP contribution in [-0.4, -0.2) is 10.9 Å². The molecule has 1 aromatic heterocycles. The third-order valence-electron chi connectivity index (χ3n) is 3.10. The van der Waals surface area contributed by atoms with Crippen LogP contribution in [0.4, 0.5) is 10.1 Å². The fourth-order valence-electron chi connectivity index (χ4n) is 1.98. The Balaban J connectivity index is 1.80. The maximum absolute atomic E-state index is 12.8. The fraction of sp³-hybridized carbons (Fsp3) is 0. The zero-order valence-electron chi connectivity index (χ0n) is 12.1. The lowest BCUT2D eigenvalue weighted by Gasteiger charge is -2.12. The Bertz CT molecular complexity index is 805. The number of aromatic nitrogens is 1. The molecule has 0 unspecified atom stereocenters. The van der Waals surface area contributed by atoms with Crippen molar-refractivity contribution in [2.45, 2.75) is 0 Å². The van der Waals surface area contributed by atoms with Gasteiger partial charge in [0.15, 0.2) is 5.75 Å². The number of carbonyl (C=O) groups excluding carboxylic acids is 1. The first-order valence-corrected chi connectivity index (χ1v) is 6.97. The van der Waals surface area contributed by atoms with Crippen LogP contribution in [0, 0.1) is 5.95 Å². The second-order valence-corrected chi connectivity index (χ2v) is 4.73. The zero-order valence-corrected chi connectivity index (χ0v) is 12.1. The van der Waals surface area contributed by atoms with Gasteiger partial charge in [0.05, 0.1) is 11.3 Å². The predicted octanol–water partition coefficient (Wildman–Crippen LogP) is 4.27. The fourth-order valence-corrected chi connectivity index (χ4v) is 1.98. The number of hydrogen-bond donors (Lipinski definition) is 1. The first kappa shape index (κ1) is 14.7. The highest BCUT2D eigenvalue weighted by Gasteiger charge is 2.11. The quantitative estimate of drug-likeness (QED) is 0.732. The molecule has 0 aliphatic carbocycles. The van der Waals surface area contributed by atoms with E-state index in [4.69, 9.17) is 4.74 Å². The maximum atomic E-state index is 12.8. The second-order valence-electron chi connectivity index (χ2n) is 4.73. The maximum Gasteiger partial charge on any atom is 0.257 e. The van der Waals surface area contributed by atoms with Crippen LogP contribution in [-0.2, 0) is 0 Å². The number of hydrogen-bond acceptors (Lipinski definition) is 3. The van der Waals surface area contributed by atoms with Gasteiger partial charge in [-0.3, -0.25) is 4.79 Å². The summed E-state index contributed by atoms with van der Waals surface area (Å²) in [5.74, 6) is 0.163. The Labute approximate surface area is 132 Å². The molecular weight excluding hydrogens is 295 g/mol. The van der Waals surface area contributed by atoms with Crippen molar-refractivity contribution < 1.29 is 13.9 Å². The summed E-state index contributed by atoms with van der Waals surface area (Å²) in [6.07, 6.45) is 1.19. The van der Waals surface area contributed by atoms with Gasteiger partial charge in [0.25, 0.3) is 5.91 Å². The number of halogens is 1.